The molecule has 16 heavy (non-hydrogen) atoms. The topological polar surface area (TPSA) is 53.6 Å². The van der Waals surface area contributed by atoms with Crippen LogP contribution in [0.1, 0.15) is 5.76 Å². The van der Waals surface area contributed by atoms with Crippen LogP contribution in [0.25, 0.3) is 11.3 Å². The zero-order chi connectivity index (χ0) is 11.7. The number of halogens is 1. The molecule has 0 aliphatic rings. The molecule has 0 saturated heterocycles. The minimum atomic E-state index is -1.66. The third-order valence-corrected chi connectivity index (χ3v) is 2.30. The molecule has 0 bridgehead atoms. The van der Waals surface area contributed by atoms with Crippen LogP contribution in [0, 0.1) is 12.7 Å². The van der Waals surface area contributed by atoms with Crippen LogP contribution < -0.4 is 5.46 Å². The molecule has 0 saturated carbocycles. The average molecular weight is 220 g/mol. The van der Waals surface area contributed by atoms with Gasteiger partial charge in [0, 0.05) is 0 Å². The van der Waals surface area contributed by atoms with E-state index in [0.29, 0.717) is 17.1 Å². The standard InChI is InChI=1S/C11H10BFO3/c1-7-2-5-11(16-7)9-4-3-8(12(14)15)6-10(9)13/h2-6,14-15H,1H3. The second kappa shape index (κ2) is 4.12. The van der Waals surface area contributed by atoms with Gasteiger partial charge in [-0.05, 0) is 36.7 Å². The third-order valence-electron chi connectivity index (χ3n) is 2.30. The highest BCUT2D eigenvalue weighted by atomic mass is 19.1. The Morgan fingerprint density at radius 1 is 1.19 bits per heavy atom. The summed E-state index contributed by atoms with van der Waals surface area (Å²) in [6, 6.07) is 7.40. The van der Waals surface area contributed by atoms with E-state index in [1.165, 1.54) is 12.1 Å². The van der Waals surface area contributed by atoms with Crippen molar-refractivity contribution in [3.63, 3.8) is 0 Å². The maximum Gasteiger partial charge on any atom is 0.488 e. The van der Waals surface area contributed by atoms with E-state index in [2.05, 4.69) is 0 Å². The number of rotatable bonds is 2. The predicted molar refractivity (Wildman–Crippen MR) is 58.7 cm³/mol. The maximum absolute atomic E-state index is 13.6. The fourth-order valence-electron chi connectivity index (χ4n) is 1.47. The molecule has 3 nitrogen and oxygen atoms in total. The van der Waals surface area contributed by atoms with E-state index in [0.717, 1.165) is 6.07 Å². The van der Waals surface area contributed by atoms with Crippen LogP contribution >= 0.6 is 0 Å². The fourth-order valence-corrected chi connectivity index (χ4v) is 1.47. The summed E-state index contributed by atoms with van der Waals surface area (Å²) >= 11 is 0. The van der Waals surface area contributed by atoms with E-state index in [4.69, 9.17) is 14.5 Å². The number of furan rings is 1. The van der Waals surface area contributed by atoms with Crippen LogP contribution in [0.15, 0.2) is 34.7 Å². The van der Waals surface area contributed by atoms with E-state index < -0.39 is 12.9 Å². The second-order valence-corrected chi connectivity index (χ2v) is 3.52. The van der Waals surface area contributed by atoms with E-state index in [1.807, 2.05) is 0 Å². The van der Waals surface area contributed by atoms with E-state index in [-0.39, 0.29) is 5.46 Å². The van der Waals surface area contributed by atoms with Crippen molar-refractivity contribution in [2.75, 3.05) is 0 Å². The molecule has 0 spiro atoms. The van der Waals surface area contributed by atoms with Crippen molar-refractivity contribution < 1.29 is 18.9 Å². The summed E-state index contributed by atoms with van der Waals surface area (Å²) in [6.07, 6.45) is 0. The van der Waals surface area contributed by atoms with Crippen molar-refractivity contribution in [3.8, 4) is 11.3 Å². The number of benzene rings is 1. The molecule has 2 N–H and O–H groups in total. The van der Waals surface area contributed by atoms with Gasteiger partial charge in [0.2, 0.25) is 0 Å². The van der Waals surface area contributed by atoms with Crippen LogP contribution in [0.4, 0.5) is 4.39 Å². The monoisotopic (exact) mass is 220 g/mol. The van der Waals surface area contributed by atoms with Crippen LogP contribution in [0.2, 0.25) is 0 Å². The van der Waals surface area contributed by atoms with Crippen LogP contribution in [0.3, 0.4) is 0 Å². The van der Waals surface area contributed by atoms with Gasteiger partial charge in [-0.3, -0.25) is 0 Å². The lowest BCUT2D eigenvalue weighted by Crippen LogP contribution is -2.29. The largest absolute Gasteiger partial charge is 0.488 e. The Balaban J connectivity index is 2.44. The lowest BCUT2D eigenvalue weighted by atomic mass is 9.80. The first-order chi connectivity index (χ1) is 7.58. The predicted octanol–water partition coefficient (Wildman–Crippen LogP) is 1.07. The molecule has 2 rings (SSSR count). The summed E-state index contributed by atoms with van der Waals surface area (Å²) in [5.74, 6) is 0.578. The smallest absolute Gasteiger partial charge is 0.461 e. The molecule has 82 valence electrons. The van der Waals surface area contributed by atoms with E-state index in [1.54, 1.807) is 19.1 Å². The lowest BCUT2D eigenvalue weighted by Gasteiger charge is -2.03. The van der Waals surface area contributed by atoms with Gasteiger partial charge < -0.3 is 14.5 Å². The number of hydrogen-bond donors (Lipinski definition) is 2. The third kappa shape index (κ3) is 2.00. The summed E-state index contributed by atoms with van der Waals surface area (Å²) < 4.78 is 18.9. The molecule has 0 aliphatic carbocycles. The van der Waals surface area contributed by atoms with Gasteiger partial charge in [0.05, 0.1) is 5.56 Å². The van der Waals surface area contributed by atoms with Crippen molar-refractivity contribution >= 4 is 12.6 Å². The Hall–Kier alpha value is -1.59. The van der Waals surface area contributed by atoms with Crippen molar-refractivity contribution in [1.82, 2.24) is 0 Å². The molecule has 0 aliphatic heterocycles. The summed E-state index contributed by atoms with van der Waals surface area (Å²) in [4.78, 5) is 0. The molecule has 1 aromatic heterocycles. The molecule has 2 aromatic rings. The molecule has 1 aromatic carbocycles. The summed E-state index contributed by atoms with van der Waals surface area (Å²) in [7, 11) is -1.66. The first-order valence-electron chi connectivity index (χ1n) is 4.80. The van der Waals surface area contributed by atoms with Gasteiger partial charge in [0.25, 0.3) is 0 Å². The second-order valence-electron chi connectivity index (χ2n) is 3.52. The van der Waals surface area contributed by atoms with E-state index >= 15 is 0 Å². The van der Waals surface area contributed by atoms with Gasteiger partial charge in [-0.2, -0.15) is 0 Å². The Bertz CT molecular complexity index is 508. The first-order valence-corrected chi connectivity index (χ1v) is 4.80. The highest BCUT2D eigenvalue weighted by Gasteiger charge is 2.15. The zero-order valence-corrected chi connectivity index (χ0v) is 8.64. The van der Waals surface area contributed by atoms with Crippen molar-refractivity contribution in [2.45, 2.75) is 6.92 Å². The Morgan fingerprint density at radius 3 is 2.44 bits per heavy atom. The normalized spacial score (nSPS) is 10.5. The summed E-state index contributed by atoms with van der Waals surface area (Å²) in [5.41, 5.74) is 0.419. The molecule has 5 heteroatoms. The number of hydrogen-bond acceptors (Lipinski definition) is 3. The summed E-state index contributed by atoms with van der Waals surface area (Å²) in [6.45, 7) is 1.77. The minimum absolute atomic E-state index is 0.115. The maximum atomic E-state index is 13.6. The molecule has 0 fully saturated rings. The summed E-state index contributed by atoms with van der Waals surface area (Å²) in [5, 5.41) is 17.8. The molecule has 0 amide bonds. The van der Waals surface area contributed by atoms with Crippen LogP contribution in [-0.4, -0.2) is 17.2 Å². The van der Waals surface area contributed by atoms with Crippen molar-refractivity contribution in [1.29, 1.82) is 0 Å². The molecule has 0 radical (unpaired) electrons. The Kier molecular flexibility index (Phi) is 2.81. The van der Waals surface area contributed by atoms with Gasteiger partial charge >= 0.3 is 7.12 Å². The highest BCUT2D eigenvalue weighted by Crippen LogP contribution is 2.23. The fraction of sp³-hybridized carbons (Fsp3) is 0.0909. The van der Waals surface area contributed by atoms with E-state index in [9.17, 15) is 4.39 Å². The Morgan fingerprint density at radius 2 is 1.94 bits per heavy atom. The molecular weight excluding hydrogens is 210 g/mol. The highest BCUT2D eigenvalue weighted by molar-refractivity contribution is 6.58. The van der Waals surface area contributed by atoms with Gasteiger partial charge in [-0.1, -0.05) is 6.07 Å². The molecule has 1 heterocycles. The molecular formula is C11H10BFO3. The van der Waals surface area contributed by atoms with Crippen LogP contribution in [0.5, 0.6) is 0 Å². The SMILES string of the molecule is Cc1ccc(-c2ccc(B(O)O)cc2F)o1. The van der Waals surface area contributed by atoms with Crippen molar-refractivity contribution in [2.24, 2.45) is 0 Å². The first kappa shape index (κ1) is 10.9. The van der Waals surface area contributed by atoms with Crippen LogP contribution in [-0.2, 0) is 0 Å². The average Bonchev–Trinajstić information content (AvgIpc) is 2.64. The molecule has 0 unspecified atom stereocenters. The number of aryl methyl sites for hydroxylation is 1. The molecule has 0 atom stereocenters. The lowest BCUT2D eigenvalue weighted by molar-refractivity contribution is 0.425. The Labute approximate surface area is 92.3 Å². The van der Waals surface area contributed by atoms with Gasteiger partial charge in [-0.25, -0.2) is 4.39 Å². The quantitative estimate of drug-likeness (QED) is 0.744. The van der Waals surface area contributed by atoms with Gasteiger partial charge in [-0.15, -0.1) is 0 Å². The van der Waals surface area contributed by atoms with Gasteiger partial charge in [0.15, 0.2) is 0 Å². The van der Waals surface area contributed by atoms with Crippen molar-refractivity contribution in [3.05, 3.63) is 41.9 Å². The minimum Gasteiger partial charge on any atom is -0.461 e. The zero-order valence-electron chi connectivity index (χ0n) is 8.64. The van der Waals surface area contributed by atoms with Gasteiger partial charge in [0.1, 0.15) is 17.3 Å².